The fraction of sp³-hybridized carbons (Fsp3) is 0.500. The first kappa shape index (κ1) is 26.8. The molecule has 40 heavy (non-hydrogen) atoms. The molecule has 5 heterocycles. The van der Waals surface area contributed by atoms with Crippen LogP contribution < -0.4 is 15.0 Å². The number of phenolic OH excluding ortho intramolecular Hbond substituents is 1. The number of carbonyl (C=O) groups is 1. The second-order valence-corrected chi connectivity index (χ2v) is 11.2. The molecule has 2 aromatic heterocycles. The monoisotopic (exact) mass is 570 g/mol. The Kier molecular flexibility index (Phi) is 7.26. The summed E-state index contributed by atoms with van der Waals surface area (Å²) in [7, 11) is 0. The maximum absolute atomic E-state index is 16.1. The van der Waals surface area contributed by atoms with E-state index in [1.165, 1.54) is 24.4 Å². The van der Waals surface area contributed by atoms with Crippen molar-refractivity contribution < 1.29 is 23.8 Å². The first-order chi connectivity index (χ1) is 19.3. The van der Waals surface area contributed by atoms with Crippen LogP contribution in [0, 0.1) is 5.82 Å². The molecule has 0 spiro atoms. The van der Waals surface area contributed by atoms with Gasteiger partial charge in [-0.2, -0.15) is 9.97 Å². The number of nitrogens with one attached hydrogen (secondary N) is 1. The molecule has 2 N–H and O–H groups in total. The van der Waals surface area contributed by atoms with E-state index in [-0.39, 0.29) is 46.2 Å². The van der Waals surface area contributed by atoms with E-state index >= 15 is 4.39 Å². The van der Waals surface area contributed by atoms with Gasteiger partial charge in [-0.15, -0.1) is 0 Å². The number of alkyl carbamates (subject to hydrolysis) is 1. The first-order valence-electron chi connectivity index (χ1n) is 13.8. The molecule has 0 radical (unpaired) electrons. The molecule has 3 saturated heterocycles. The van der Waals surface area contributed by atoms with Crippen molar-refractivity contribution in [2.75, 3.05) is 44.3 Å². The predicted molar refractivity (Wildman–Crippen MR) is 148 cm³/mol. The average Bonchev–Trinajstić information content (AvgIpc) is 3.63. The number of aromatic hydroxyl groups is 1. The number of phenols is 1. The van der Waals surface area contributed by atoms with Gasteiger partial charge in [0.25, 0.3) is 0 Å². The average molecular weight is 571 g/mol. The standard InChI is InChI=1S/C28H32ClFN6O4/c1-2-39-27(38)32-19-5-10-35(15-19)25-21-14-31-23(17-11-18(29)13-20(37)12-17)22(30)24(21)33-26(34-25)40-16-28-6-3-8-36(28)9-4-7-28/h11-14,19,37H,2-10,15-16H2,1H3,(H,32,38). The second-order valence-electron chi connectivity index (χ2n) is 10.7. The number of aromatic nitrogens is 3. The van der Waals surface area contributed by atoms with Gasteiger partial charge in [-0.1, -0.05) is 11.6 Å². The third-order valence-corrected chi connectivity index (χ3v) is 8.38. The molecule has 3 aliphatic heterocycles. The van der Waals surface area contributed by atoms with Crippen LogP contribution in [0.3, 0.4) is 0 Å². The minimum absolute atomic E-state index is 0.0144. The Balaban J connectivity index is 1.37. The number of nitrogens with zero attached hydrogens (tertiary/aromatic N) is 5. The van der Waals surface area contributed by atoms with Crippen molar-refractivity contribution in [1.29, 1.82) is 0 Å². The molecule has 12 heteroatoms. The Labute approximate surface area is 236 Å². The number of pyridine rings is 1. The van der Waals surface area contributed by atoms with Crippen molar-refractivity contribution in [3.8, 4) is 23.0 Å². The van der Waals surface area contributed by atoms with Gasteiger partial charge in [-0.3, -0.25) is 9.88 Å². The Morgan fingerprint density at radius 2 is 2.02 bits per heavy atom. The Hall–Kier alpha value is -3.44. The molecule has 0 saturated carbocycles. The lowest BCUT2D eigenvalue weighted by Crippen LogP contribution is -2.43. The predicted octanol–water partition coefficient (Wildman–Crippen LogP) is 4.52. The van der Waals surface area contributed by atoms with Gasteiger partial charge in [0.1, 0.15) is 29.4 Å². The number of halogens is 2. The lowest BCUT2D eigenvalue weighted by atomic mass is 9.95. The van der Waals surface area contributed by atoms with Crippen molar-refractivity contribution >= 4 is 34.4 Å². The van der Waals surface area contributed by atoms with Crippen LogP contribution in [0.2, 0.25) is 5.02 Å². The summed E-state index contributed by atoms with van der Waals surface area (Å²) in [5.41, 5.74) is 0.387. The minimum atomic E-state index is -0.658. The molecule has 0 aliphatic carbocycles. The minimum Gasteiger partial charge on any atom is -0.508 e. The van der Waals surface area contributed by atoms with E-state index < -0.39 is 11.9 Å². The SMILES string of the molecule is CCOC(=O)NC1CCN(c2nc(OCC34CCCN3CCC4)nc3c(F)c(-c4cc(O)cc(Cl)c4)ncc23)C1. The van der Waals surface area contributed by atoms with Gasteiger partial charge < -0.3 is 24.8 Å². The highest BCUT2D eigenvalue weighted by molar-refractivity contribution is 6.31. The van der Waals surface area contributed by atoms with Gasteiger partial charge >= 0.3 is 12.1 Å². The summed E-state index contributed by atoms with van der Waals surface area (Å²) in [5.74, 6) is -0.257. The quantitative estimate of drug-likeness (QED) is 0.423. The third-order valence-electron chi connectivity index (χ3n) is 8.17. The maximum Gasteiger partial charge on any atom is 0.407 e. The zero-order valence-corrected chi connectivity index (χ0v) is 23.1. The number of anilines is 1. The summed E-state index contributed by atoms with van der Waals surface area (Å²) >= 11 is 6.12. The van der Waals surface area contributed by atoms with E-state index in [0.717, 1.165) is 38.8 Å². The van der Waals surface area contributed by atoms with Crippen LogP contribution in [0.15, 0.2) is 24.4 Å². The summed E-state index contributed by atoms with van der Waals surface area (Å²) in [5, 5.41) is 13.6. The zero-order chi connectivity index (χ0) is 27.9. The van der Waals surface area contributed by atoms with Crippen LogP contribution in [0.5, 0.6) is 11.8 Å². The number of fused-ring (bicyclic) bond motifs is 2. The van der Waals surface area contributed by atoms with Crippen LogP contribution in [-0.2, 0) is 4.74 Å². The normalized spacial score (nSPS) is 20.2. The first-order valence-corrected chi connectivity index (χ1v) is 14.2. The second kappa shape index (κ2) is 10.9. The van der Waals surface area contributed by atoms with Gasteiger partial charge in [-0.25, -0.2) is 9.18 Å². The van der Waals surface area contributed by atoms with E-state index in [9.17, 15) is 9.90 Å². The largest absolute Gasteiger partial charge is 0.508 e. The highest BCUT2D eigenvalue weighted by Gasteiger charge is 2.45. The van der Waals surface area contributed by atoms with Crippen molar-refractivity contribution in [3.63, 3.8) is 0 Å². The number of rotatable bonds is 7. The van der Waals surface area contributed by atoms with E-state index in [0.29, 0.717) is 42.9 Å². The molecule has 3 aliphatic rings. The molecule has 0 bridgehead atoms. The zero-order valence-electron chi connectivity index (χ0n) is 22.3. The van der Waals surface area contributed by atoms with Crippen molar-refractivity contribution in [2.24, 2.45) is 0 Å². The van der Waals surface area contributed by atoms with E-state index in [2.05, 4.69) is 20.2 Å². The molecule has 3 aromatic rings. The number of hydrogen-bond donors (Lipinski definition) is 2. The number of hydrogen-bond acceptors (Lipinski definition) is 9. The maximum atomic E-state index is 16.1. The smallest absolute Gasteiger partial charge is 0.407 e. The Bertz CT molecular complexity index is 1410. The number of amides is 1. The Morgan fingerprint density at radius 1 is 1.23 bits per heavy atom. The summed E-state index contributed by atoms with van der Waals surface area (Å²) in [4.78, 5) is 30.1. The summed E-state index contributed by atoms with van der Waals surface area (Å²) in [6.07, 6.45) is 6.12. The molecule has 3 fully saturated rings. The molecular weight excluding hydrogens is 539 g/mol. The number of carbonyl (C=O) groups excluding carboxylic acids is 1. The third kappa shape index (κ3) is 5.08. The molecule has 6 rings (SSSR count). The van der Waals surface area contributed by atoms with Crippen molar-refractivity contribution in [2.45, 2.75) is 50.6 Å². The van der Waals surface area contributed by atoms with Gasteiger partial charge in [0, 0.05) is 29.9 Å². The van der Waals surface area contributed by atoms with Gasteiger partial charge in [0.05, 0.1) is 23.6 Å². The highest BCUT2D eigenvalue weighted by atomic mass is 35.5. The summed E-state index contributed by atoms with van der Waals surface area (Å²) in [6.45, 7) is 5.66. The van der Waals surface area contributed by atoms with Crippen LogP contribution >= 0.6 is 11.6 Å². The van der Waals surface area contributed by atoms with Crippen LogP contribution in [0.25, 0.3) is 22.2 Å². The fourth-order valence-electron chi connectivity index (χ4n) is 6.31. The molecule has 1 atom stereocenters. The molecule has 1 aromatic carbocycles. The van der Waals surface area contributed by atoms with E-state index in [1.54, 1.807) is 6.92 Å². The molecule has 10 nitrogen and oxygen atoms in total. The van der Waals surface area contributed by atoms with Gasteiger partial charge in [0.2, 0.25) is 0 Å². The number of benzene rings is 1. The fourth-order valence-corrected chi connectivity index (χ4v) is 6.54. The summed E-state index contributed by atoms with van der Waals surface area (Å²) < 4.78 is 27.4. The van der Waals surface area contributed by atoms with Gasteiger partial charge in [-0.05, 0) is 70.3 Å². The van der Waals surface area contributed by atoms with Crippen molar-refractivity contribution in [1.82, 2.24) is 25.2 Å². The van der Waals surface area contributed by atoms with Crippen LogP contribution in [-0.4, -0.2) is 82.0 Å². The van der Waals surface area contributed by atoms with Crippen molar-refractivity contribution in [3.05, 3.63) is 35.2 Å². The highest BCUT2D eigenvalue weighted by Crippen LogP contribution is 2.40. The molecule has 1 amide bonds. The van der Waals surface area contributed by atoms with E-state index in [4.69, 9.17) is 26.1 Å². The van der Waals surface area contributed by atoms with Gasteiger partial charge in [0.15, 0.2) is 5.82 Å². The number of ether oxygens (including phenoxy) is 2. The molecule has 1 unspecified atom stereocenters. The van der Waals surface area contributed by atoms with Crippen LogP contribution in [0.1, 0.15) is 39.0 Å². The van der Waals surface area contributed by atoms with Crippen LogP contribution in [0.4, 0.5) is 15.0 Å². The molecule has 212 valence electrons. The van der Waals surface area contributed by atoms with E-state index in [1.807, 2.05) is 4.90 Å². The lowest BCUT2D eigenvalue weighted by Gasteiger charge is -2.31. The lowest BCUT2D eigenvalue weighted by molar-refractivity contribution is 0.108. The topological polar surface area (TPSA) is 113 Å². The molecular formula is C28H32ClFN6O4. The Morgan fingerprint density at radius 3 is 2.77 bits per heavy atom. The summed E-state index contributed by atoms with van der Waals surface area (Å²) in [6, 6.07) is 4.27.